The van der Waals surface area contributed by atoms with Gasteiger partial charge in [-0.25, -0.2) is 4.98 Å². The van der Waals surface area contributed by atoms with Crippen LogP contribution >= 0.6 is 11.3 Å². The summed E-state index contributed by atoms with van der Waals surface area (Å²) in [5.41, 5.74) is 1.23. The van der Waals surface area contributed by atoms with Gasteiger partial charge in [-0.3, -0.25) is 0 Å². The van der Waals surface area contributed by atoms with Crippen LogP contribution < -0.4 is 4.90 Å². The van der Waals surface area contributed by atoms with E-state index in [-0.39, 0.29) is 0 Å². The van der Waals surface area contributed by atoms with Gasteiger partial charge < -0.3 is 4.90 Å². The second kappa shape index (κ2) is 3.29. The van der Waals surface area contributed by atoms with Crippen molar-refractivity contribution in [2.24, 2.45) is 0 Å². The zero-order chi connectivity index (χ0) is 9.42. The van der Waals surface area contributed by atoms with Crippen molar-refractivity contribution in [3.05, 3.63) is 11.1 Å². The first-order valence-corrected chi connectivity index (χ1v) is 5.74. The lowest BCUT2D eigenvalue weighted by atomic mass is 10.2. The van der Waals surface area contributed by atoms with E-state index in [0.29, 0.717) is 5.92 Å². The molecule has 1 aromatic rings. The molecule has 2 nitrogen and oxygen atoms in total. The van der Waals surface area contributed by atoms with Gasteiger partial charge in [0.25, 0.3) is 0 Å². The molecule has 3 heteroatoms. The molecular weight excluding hydrogens is 180 g/mol. The lowest BCUT2D eigenvalue weighted by molar-refractivity contribution is 0.821. The molecule has 1 saturated carbocycles. The van der Waals surface area contributed by atoms with Crippen molar-refractivity contribution >= 4 is 16.5 Å². The van der Waals surface area contributed by atoms with Gasteiger partial charge in [-0.1, -0.05) is 13.8 Å². The first-order chi connectivity index (χ1) is 6.18. The van der Waals surface area contributed by atoms with E-state index < -0.39 is 0 Å². The normalized spacial score (nSPS) is 16.6. The van der Waals surface area contributed by atoms with E-state index in [0.717, 1.165) is 6.04 Å². The van der Waals surface area contributed by atoms with E-state index in [1.165, 1.54) is 23.7 Å². The van der Waals surface area contributed by atoms with Gasteiger partial charge in [-0.05, 0) is 18.8 Å². The standard InChI is InChI=1S/C10H16N2S/c1-7(2)9-6-13-10(11-9)12(3)8-4-5-8/h6-8H,4-5H2,1-3H3. The molecule has 2 rings (SSSR count). The van der Waals surface area contributed by atoms with Crippen molar-refractivity contribution in [3.8, 4) is 0 Å². The second-order valence-electron chi connectivity index (χ2n) is 4.05. The Hall–Kier alpha value is -0.570. The fourth-order valence-corrected chi connectivity index (χ4v) is 2.35. The fraction of sp³-hybridized carbons (Fsp3) is 0.700. The number of rotatable bonds is 3. The molecule has 1 aliphatic carbocycles. The van der Waals surface area contributed by atoms with Crippen molar-refractivity contribution in [2.45, 2.75) is 38.6 Å². The van der Waals surface area contributed by atoms with Crippen LogP contribution in [-0.4, -0.2) is 18.1 Å². The monoisotopic (exact) mass is 196 g/mol. The van der Waals surface area contributed by atoms with Crippen molar-refractivity contribution in [1.29, 1.82) is 0 Å². The van der Waals surface area contributed by atoms with Crippen LogP contribution in [0.3, 0.4) is 0 Å². The highest BCUT2D eigenvalue weighted by molar-refractivity contribution is 7.13. The zero-order valence-electron chi connectivity index (χ0n) is 8.45. The third-order valence-electron chi connectivity index (χ3n) is 2.50. The van der Waals surface area contributed by atoms with Gasteiger partial charge >= 0.3 is 0 Å². The van der Waals surface area contributed by atoms with Gasteiger partial charge in [0.2, 0.25) is 0 Å². The molecule has 1 aromatic heterocycles. The Balaban J connectivity index is 2.11. The van der Waals surface area contributed by atoms with Crippen molar-refractivity contribution in [2.75, 3.05) is 11.9 Å². The Bertz CT molecular complexity index is 289. The van der Waals surface area contributed by atoms with Crippen LogP contribution in [0.25, 0.3) is 0 Å². The predicted octanol–water partition coefficient (Wildman–Crippen LogP) is 2.87. The van der Waals surface area contributed by atoms with E-state index in [9.17, 15) is 0 Å². The Kier molecular flexibility index (Phi) is 2.28. The minimum absolute atomic E-state index is 0.553. The highest BCUT2D eigenvalue weighted by atomic mass is 32.1. The van der Waals surface area contributed by atoms with Gasteiger partial charge in [0.15, 0.2) is 5.13 Å². The van der Waals surface area contributed by atoms with E-state index in [4.69, 9.17) is 0 Å². The smallest absolute Gasteiger partial charge is 0.185 e. The quantitative estimate of drug-likeness (QED) is 0.739. The summed E-state index contributed by atoms with van der Waals surface area (Å²) in [6.45, 7) is 4.38. The molecule has 0 atom stereocenters. The summed E-state index contributed by atoms with van der Waals surface area (Å²) in [6, 6.07) is 0.770. The largest absolute Gasteiger partial charge is 0.348 e. The van der Waals surface area contributed by atoms with E-state index >= 15 is 0 Å². The highest BCUT2D eigenvalue weighted by Crippen LogP contribution is 2.32. The van der Waals surface area contributed by atoms with Crippen molar-refractivity contribution in [1.82, 2.24) is 4.98 Å². The minimum Gasteiger partial charge on any atom is -0.348 e. The van der Waals surface area contributed by atoms with Crippen LogP contribution in [0.1, 0.15) is 38.3 Å². The maximum atomic E-state index is 4.62. The van der Waals surface area contributed by atoms with Crippen LogP contribution in [0.15, 0.2) is 5.38 Å². The molecule has 1 heterocycles. The molecule has 0 radical (unpaired) electrons. The third-order valence-corrected chi connectivity index (χ3v) is 3.45. The molecule has 0 bridgehead atoms. The lowest BCUT2D eigenvalue weighted by Gasteiger charge is -2.13. The Labute approximate surface area is 83.6 Å². The average molecular weight is 196 g/mol. The van der Waals surface area contributed by atoms with Crippen molar-refractivity contribution in [3.63, 3.8) is 0 Å². The summed E-state index contributed by atoms with van der Waals surface area (Å²) in [5, 5.41) is 3.37. The maximum Gasteiger partial charge on any atom is 0.185 e. The molecule has 0 N–H and O–H groups in total. The van der Waals surface area contributed by atoms with Crippen LogP contribution in [0.2, 0.25) is 0 Å². The SMILES string of the molecule is CC(C)c1csc(N(C)C2CC2)n1. The molecule has 1 aliphatic rings. The van der Waals surface area contributed by atoms with Crippen LogP contribution in [-0.2, 0) is 0 Å². The first-order valence-electron chi connectivity index (χ1n) is 4.86. The number of hydrogen-bond acceptors (Lipinski definition) is 3. The van der Waals surface area contributed by atoms with Crippen LogP contribution in [0.5, 0.6) is 0 Å². The zero-order valence-corrected chi connectivity index (χ0v) is 9.27. The van der Waals surface area contributed by atoms with E-state index in [1.807, 2.05) is 0 Å². The molecule has 1 fully saturated rings. The summed E-state index contributed by atoms with van der Waals surface area (Å²) in [5.74, 6) is 0.553. The van der Waals surface area contributed by atoms with Gasteiger partial charge in [0, 0.05) is 18.5 Å². The van der Waals surface area contributed by atoms with Gasteiger partial charge in [-0.2, -0.15) is 0 Å². The lowest BCUT2D eigenvalue weighted by Crippen LogP contribution is -2.19. The molecule has 0 aromatic carbocycles. The fourth-order valence-electron chi connectivity index (χ4n) is 1.32. The Morgan fingerprint density at radius 3 is 2.69 bits per heavy atom. The summed E-state index contributed by atoms with van der Waals surface area (Å²) < 4.78 is 0. The van der Waals surface area contributed by atoms with Gasteiger partial charge in [-0.15, -0.1) is 11.3 Å². The second-order valence-corrected chi connectivity index (χ2v) is 4.89. The summed E-state index contributed by atoms with van der Waals surface area (Å²) in [6.07, 6.45) is 2.68. The van der Waals surface area contributed by atoms with Gasteiger partial charge in [0.1, 0.15) is 0 Å². The van der Waals surface area contributed by atoms with Crippen molar-refractivity contribution < 1.29 is 0 Å². The molecule has 0 amide bonds. The minimum atomic E-state index is 0.553. The van der Waals surface area contributed by atoms with Crippen LogP contribution in [0.4, 0.5) is 5.13 Å². The number of hydrogen-bond donors (Lipinski definition) is 0. The third kappa shape index (κ3) is 1.85. The Morgan fingerprint density at radius 2 is 2.23 bits per heavy atom. The molecule has 13 heavy (non-hydrogen) atoms. The van der Waals surface area contributed by atoms with E-state index in [1.54, 1.807) is 11.3 Å². The van der Waals surface area contributed by atoms with Crippen LogP contribution in [0, 0.1) is 0 Å². The van der Waals surface area contributed by atoms with Gasteiger partial charge in [0.05, 0.1) is 5.69 Å². The maximum absolute atomic E-state index is 4.62. The van der Waals surface area contributed by atoms with E-state index in [2.05, 4.69) is 36.2 Å². The Morgan fingerprint density at radius 1 is 1.54 bits per heavy atom. The summed E-state index contributed by atoms with van der Waals surface area (Å²) in [4.78, 5) is 6.93. The number of aromatic nitrogens is 1. The number of anilines is 1. The average Bonchev–Trinajstić information content (AvgIpc) is 2.81. The number of nitrogens with zero attached hydrogens (tertiary/aromatic N) is 2. The molecule has 0 saturated heterocycles. The topological polar surface area (TPSA) is 16.1 Å². The molecule has 0 spiro atoms. The molecule has 0 unspecified atom stereocenters. The molecule has 72 valence electrons. The number of thiazole rings is 1. The highest BCUT2D eigenvalue weighted by Gasteiger charge is 2.28. The predicted molar refractivity (Wildman–Crippen MR) is 57.6 cm³/mol. The molecule has 0 aliphatic heterocycles. The molecular formula is C10H16N2S. The first kappa shape index (κ1) is 9.00. The summed E-state index contributed by atoms with van der Waals surface area (Å²) in [7, 11) is 2.15. The summed E-state index contributed by atoms with van der Waals surface area (Å²) >= 11 is 1.77.